The van der Waals surface area contributed by atoms with Gasteiger partial charge in [0.05, 0.1) is 6.04 Å². The minimum atomic E-state index is -3.62. The van der Waals surface area contributed by atoms with E-state index in [9.17, 15) is 32.4 Å². The molecule has 2 saturated heterocycles. The first-order valence-electron chi connectivity index (χ1n) is 16.7. The predicted molar refractivity (Wildman–Crippen MR) is 176 cm³/mol. The zero-order valence-electron chi connectivity index (χ0n) is 29.6. The van der Waals surface area contributed by atoms with Crippen LogP contribution in [0.15, 0.2) is 0 Å². The van der Waals surface area contributed by atoms with Crippen LogP contribution in [0.2, 0.25) is 0 Å². The SMILES string of the molecule is CNC(=O)C(=O)C(CC1CC1)NC(=O)[C@@H]1C2C(CN1C(=O)[C@@H](NC(=O)N[C@H](CN1CCN(C)S1(=O)=O)C(C)(C)C)C(C)(C)C)C2(C)C. The predicted octanol–water partition coefficient (Wildman–Crippen LogP) is 0.690. The fourth-order valence-corrected chi connectivity index (χ4v) is 8.38. The topological polar surface area (TPSA) is 177 Å². The molecule has 3 unspecified atom stereocenters. The van der Waals surface area contributed by atoms with Gasteiger partial charge in [-0.1, -0.05) is 68.2 Å². The maximum atomic E-state index is 14.3. The summed E-state index contributed by atoms with van der Waals surface area (Å²) >= 11 is 0. The van der Waals surface area contributed by atoms with E-state index in [1.807, 2.05) is 41.5 Å². The number of hydrogen-bond acceptors (Lipinski definition) is 7. The van der Waals surface area contributed by atoms with Gasteiger partial charge in [-0.15, -0.1) is 0 Å². The molecular weight excluding hydrogens is 626 g/mol. The summed E-state index contributed by atoms with van der Waals surface area (Å²) in [5.41, 5.74) is -1.45. The number of ketones is 1. The van der Waals surface area contributed by atoms with E-state index in [-0.39, 0.29) is 29.7 Å². The van der Waals surface area contributed by atoms with Crippen molar-refractivity contribution in [3.63, 3.8) is 0 Å². The lowest BCUT2D eigenvalue weighted by atomic mass is 9.85. The lowest BCUT2D eigenvalue weighted by molar-refractivity contribution is -0.145. The van der Waals surface area contributed by atoms with E-state index in [1.54, 1.807) is 0 Å². The van der Waals surface area contributed by atoms with Gasteiger partial charge in [-0.2, -0.15) is 17.0 Å². The lowest BCUT2D eigenvalue weighted by Gasteiger charge is -2.39. The van der Waals surface area contributed by atoms with Crippen molar-refractivity contribution >= 4 is 39.7 Å². The molecule has 4 fully saturated rings. The van der Waals surface area contributed by atoms with Crippen molar-refractivity contribution in [1.29, 1.82) is 0 Å². The van der Waals surface area contributed by atoms with Gasteiger partial charge in [-0.25, -0.2) is 4.79 Å². The first-order valence-corrected chi connectivity index (χ1v) is 18.1. The second kappa shape index (κ2) is 12.9. The maximum Gasteiger partial charge on any atom is 0.315 e. The van der Waals surface area contributed by atoms with Crippen LogP contribution in [-0.4, -0.2) is 116 Å². The van der Waals surface area contributed by atoms with Crippen molar-refractivity contribution in [2.45, 2.75) is 98.8 Å². The molecule has 15 heteroatoms. The molecule has 0 bridgehead atoms. The number of urea groups is 1. The number of rotatable bonds is 11. The van der Waals surface area contributed by atoms with Gasteiger partial charge >= 0.3 is 6.03 Å². The Kier molecular flexibility index (Phi) is 10.2. The van der Waals surface area contributed by atoms with Crippen LogP contribution in [0.25, 0.3) is 0 Å². The van der Waals surface area contributed by atoms with Crippen LogP contribution < -0.4 is 21.3 Å². The number of carbonyl (C=O) groups excluding carboxylic acids is 5. The van der Waals surface area contributed by atoms with E-state index in [0.717, 1.165) is 12.8 Å². The van der Waals surface area contributed by atoms with Crippen LogP contribution in [0.4, 0.5) is 4.79 Å². The van der Waals surface area contributed by atoms with Crippen molar-refractivity contribution < 1.29 is 32.4 Å². The Balaban J connectivity index is 1.52. The van der Waals surface area contributed by atoms with Crippen molar-refractivity contribution in [1.82, 2.24) is 34.8 Å². The Labute approximate surface area is 279 Å². The average molecular weight is 682 g/mol. The van der Waals surface area contributed by atoms with E-state index in [2.05, 4.69) is 35.1 Å². The van der Waals surface area contributed by atoms with Gasteiger partial charge in [-0.05, 0) is 40.4 Å². The van der Waals surface area contributed by atoms with Crippen LogP contribution in [-0.2, 0) is 29.4 Å². The lowest BCUT2D eigenvalue weighted by Crippen LogP contribution is -2.62. The fraction of sp³-hybridized carbons (Fsp3) is 0.844. The first kappa shape index (κ1) is 37.0. The maximum absolute atomic E-state index is 14.3. The molecular formula is C32H55N7O7S. The summed E-state index contributed by atoms with van der Waals surface area (Å²) in [6.45, 7) is 16.4. The third kappa shape index (κ3) is 7.77. The van der Waals surface area contributed by atoms with Crippen LogP contribution >= 0.6 is 0 Å². The first-order chi connectivity index (χ1) is 21.5. The van der Waals surface area contributed by atoms with E-state index in [4.69, 9.17) is 0 Å². The second-order valence-corrected chi connectivity index (χ2v) is 18.6. The van der Waals surface area contributed by atoms with Crippen LogP contribution in [0.1, 0.15) is 74.7 Å². The van der Waals surface area contributed by atoms with Crippen molar-refractivity contribution in [2.75, 3.05) is 40.3 Å². The molecule has 4 aliphatic rings. The van der Waals surface area contributed by atoms with Gasteiger partial charge in [0.15, 0.2) is 0 Å². The Morgan fingerprint density at radius 3 is 2.02 bits per heavy atom. The molecule has 6 atom stereocenters. The highest BCUT2D eigenvalue weighted by Gasteiger charge is 2.70. The molecule has 2 saturated carbocycles. The van der Waals surface area contributed by atoms with Crippen LogP contribution in [0.5, 0.6) is 0 Å². The second-order valence-electron chi connectivity index (χ2n) is 16.6. The van der Waals surface area contributed by atoms with E-state index < -0.39 is 74.7 Å². The number of carbonyl (C=O) groups is 5. The molecule has 0 spiro atoms. The van der Waals surface area contributed by atoms with Crippen molar-refractivity contribution in [2.24, 2.45) is 34.0 Å². The number of nitrogens with one attached hydrogen (secondary N) is 4. The smallest absolute Gasteiger partial charge is 0.315 e. The quantitative estimate of drug-likeness (QED) is 0.232. The largest absolute Gasteiger partial charge is 0.353 e. The van der Waals surface area contributed by atoms with Gasteiger partial charge in [0.25, 0.3) is 16.1 Å². The van der Waals surface area contributed by atoms with E-state index in [0.29, 0.717) is 26.1 Å². The van der Waals surface area contributed by atoms with Crippen LogP contribution in [0, 0.1) is 34.0 Å². The summed E-state index contributed by atoms with van der Waals surface area (Å²) in [5, 5.41) is 11.0. The number of Topliss-reactive ketones (excluding diaryl/α,β-unsaturated/α-hetero) is 1. The monoisotopic (exact) mass is 681 g/mol. The number of amides is 5. The van der Waals surface area contributed by atoms with Gasteiger partial charge in [-0.3, -0.25) is 19.2 Å². The zero-order valence-corrected chi connectivity index (χ0v) is 30.4. The Bertz CT molecular complexity index is 1380. The molecule has 0 aromatic rings. The molecule has 2 aliphatic heterocycles. The minimum Gasteiger partial charge on any atom is -0.353 e. The molecule has 0 radical (unpaired) electrons. The van der Waals surface area contributed by atoms with Gasteiger partial charge in [0.1, 0.15) is 12.1 Å². The number of piperidine rings is 1. The fourth-order valence-electron chi connectivity index (χ4n) is 7.02. The minimum absolute atomic E-state index is 0.0685. The normalized spacial score (nSPS) is 27.3. The Morgan fingerprint density at radius 2 is 1.53 bits per heavy atom. The molecule has 47 heavy (non-hydrogen) atoms. The van der Waals surface area contributed by atoms with Crippen LogP contribution in [0.3, 0.4) is 0 Å². The van der Waals surface area contributed by atoms with E-state index in [1.165, 1.54) is 27.6 Å². The van der Waals surface area contributed by atoms with Crippen molar-refractivity contribution in [3.05, 3.63) is 0 Å². The highest BCUT2D eigenvalue weighted by Crippen LogP contribution is 2.65. The van der Waals surface area contributed by atoms with Gasteiger partial charge in [0.2, 0.25) is 17.6 Å². The molecule has 266 valence electrons. The molecule has 4 rings (SSSR count). The van der Waals surface area contributed by atoms with Gasteiger partial charge in [0, 0.05) is 46.3 Å². The summed E-state index contributed by atoms with van der Waals surface area (Å²) < 4.78 is 28.1. The van der Waals surface area contributed by atoms with E-state index >= 15 is 0 Å². The third-order valence-corrected chi connectivity index (χ3v) is 12.6. The third-order valence-electron chi connectivity index (χ3n) is 10.6. The summed E-state index contributed by atoms with van der Waals surface area (Å²) in [7, 11) is -0.732. The highest BCUT2D eigenvalue weighted by atomic mass is 32.2. The summed E-state index contributed by atoms with van der Waals surface area (Å²) in [4.78, 5) is 68.5. The standard InChI is InChI=1S/C32H55N7O7S/c1-30(2,3)21(17-38-14-13-37(10)47(38,45)46)35-29(44)36-25(31(4,5)6)28(43)39-16-19-22(32(19,7)8)23(39)26(41)34-20(15-18-11-12-18)24(40)27(42)33-9/h18-23,25H,11-17H2,1-10H3,(H,33,42)(H,34,41)(H2,35,36,44)/t19?,20?,21-,22?,23+,25-/m1/s1. The molecule has 0 aromatic heterocycles. The molecule has 2 aliphatic carbocycles. The molecule has 5 amide bonds. The molecule has 0 aromatic carbocycles. The molecule has 4 N–H and O–H groups in total. The summed E-state index contributed by atoms with van der Waals surface area (Å²) in [6, 6.07) is -4.05. The molecule has 14 nitrogen and oxygen atoms in total. The number of likely N-dealkylation sites (N-methyl/N-ethyl adjacent to an activating group) is 2. The Morgan fingerprint density at radius 1 is 0.915 bits per heavy atom. The zero-order chi connectivity index (χ0) is 35.4. The average Bonchev–Trinajstić information content (AvgIpc) is 3.77. The summed E-state index contributed by atoms with van der Waals surface area (Å²) in [5.74, 6) is -2.17. The number of nitrogens with zero attached hydrogens (tertiary/aromatic N) is 3. The highest BCUT2D eigenvalue weighted by molar-refractivity contribution is 7.87. The van der Waals surface area contributed by atoms with Gasteiger partial charge < -0.3 is 26.2 Å². The molecule has 2 heterocycles. The number of fused-ring (bicyclic) bond motifs is 1. The Hall–Kier alpha value is -2.78. The number of hydrogen-bond donors (Lipinski definition) is 4. The van der Waals surface area contributed by atoms with Crippen molar-refractivity contribution in [3.8, 4) is 0 Å². The summed E-state index contributed by atoms with van der Waals surface area (Å²) in [6.07, 6.45) is 2.23. The number of likely N-dealkylation sites (tertiary alicyclic amines) is 1.